The average molecular weight is 420 g/mol. The van der Waals surface area contributed by atoms with Gasteiger partial charge in [-0.05, 0) is 43.3 Å². The quantitative estimate of drug-likeness (QED) is 0.332. The fourth-order valence-corrected chi connectivity index (χ4v) is 4.22. The van der Waals surface area contributed by atoms with Crippen molar-refractivity contribution in [3.05, 3.63) is 120 Å². The van der Waals surface area contributed by atoms with Gasteiger partial charge in [-0.25, -0.2) is 0 Å². The first-order chi connectivity index (χ1) is 15.7. The van der Waals surface area contributed by atoms with E-state index in [1.54, 1.807) is 6.08 Å². The molecule has 0 fully saturated rings. The molecule has 0 unspecified atom stereocenters. The van der Waals surface area contributed by atoms with Gasteiger partial charge in [0.15, 0.2) is 5.76 Å². The fourth-order valence-electron chi connectivity index (χ4n) is 4.22. The summed E-state index contributed by atoms with van der Waals surface area (Å²) in [5.41, 5.74) is 4.23. The minimum absolute atomic E-state index is 0.0125. The molecule has 3 aromatic carbocycles. The number of nitrogens with zero attached hydrogens (tertiary/aromatic N) is 2. The molecule has 1 heterocycles. The molecule has 0 bridgehead atoms. The lowest BCUT2D eigenvalue weighted by atomic mass is 9.90. The smallest absolute Gasteiger partial charge is 0.217 e. The zero-order valence-corrected chi connectivity index (χ0v) is 17.8. The highest BCUT2D eigenvalue weighted by Crippen LogP contribution is 2.39. The summed E-state index contributed by atoms with van der Waals surface area (Å²) in [6.07, 6.45) is 1.78. The minimum Gasteiger partial charge on any atom is -0.505 e. The maximum atomic E-state index is 13.3. The van der Waals surface area contributed by atoms with E-state index in [4.69, 9.17) is 0 Å². The number of hydrogen-bond donors (Lipinski definition) is 1. The minimum atomic E-state index is -0.175. The highest BCUT2D eigenvalue weighted by Gasteiger charge is 2.39. The summed E-state index contributed by atoms with van der Waals surface area (Å²) in [5, 5.41) is 12.1. The summed E-state index contributed by atoms with van der Waals surface area (Å²) in [4.78, 5) is 15.1. The lowest BCUT2D eigenvalue weighted by Crippen LogP contribution is -2.38. The fraction of sp³-hybridized carbons (Fsp3) is 0.0714. The third-order valence-corrected chi connectivity index (χ3v) is 5.77. The van der Waals surface area contributed by atoms with Crippen LogP contribution < -0.4 is 9.47 Å². The first-order valence-corrected chi connectivity index (χ1v) is 10.7. The number of hydrogen-bond acceptors (Lipinski definition) is 3. The summed E-state index contributed by atoms with van der Waals surface area (Å²) in [6, 6.07) is 31.4. The number of aliphatic hydroxyl groups is 1. The number of pyridine rings is 1. The van der Waals surface area contributed by atoms with Crippen molar-refractivity contribution < 1.29 is 14.5 Å². The summed E-state index contributed by atoms with van der Waals surface area (Å²) < 4.78 is 2.15. The molecule has 32 heavy (non-hydrogen) atoms. The van der Waals surface area contributed by atoms with Crippen LogP contribution in [0.1, 0.15) is 12.6 Å². The van der Waals surface area contributed by atoms with Crippen LogP contribution in [-0.4, -0.2) is 10.9 Å². The predicted octanol–water partition coefficient (Wildman–Crippen LogP) is 5.72. The van der Waals surface area contributed by atoms with Gasteiger partial charge in [-0.15, -0.1) is 0 Å². The number of carbonyl (C=O) groups is 1. The number of ketones is 1. The predicted molar refractivity (Wildman–Crippen MR) is 127 cm³/mol. The van der Waals surface area contributed by atoms with Gasteiger partial charge in [0.25, 0.3) is 0 Å². The van der Waals surface area contributed by atoms with Crippen LogP contribution in [-0.2, 0) is 11.3 Å². The summed E-state index contributed by atoms with van der Waals surface area (Å²) in [7, 11) is 0. The van der Waals surface area contributed by atoms with Crippen molar-refractivity contribution in [2.75, 3.05) is 4.90 Å². The van der Waals surface area contributed by atoms with E-state index < -0.39 is 0 Å². The molecule has 0 amide bonds. The van der Waals surface area contributed by atoms with Gasteiger partial charge in [-0.2, -0.15) is 4.57 Å². The van der Waals surface area contributed by atoms with Crippen molar-refractivity contribution in [1.29, 1.82) is 0 Å². The molecule has 4 heteroatoms. The Morgan fingerprint density at radius 1 is 0.812 bits per heavy atom. The number of aromatic nitrogens is 1. The Morgan fingerprint density at radius 2 is 1.41 bits per heavy atom. The number of aliphatic hydroxyl groups excluding tert-OH is 1. The number of rotatable bonds is 5. The molecular weight excluding hydrogens is 396 g/mol. The Kier molecular flexibility index (Phi) is 5.04. The number of carbonyl (C=O) groups excluding carboxylic acids is 1. The van der Waals surface area contributed by atoms with Gasteiger partial charge in [-0.3, -0.25) is 4.79 Å². The highest BCUT2D eigenvalue weighted by molar-refractivity contribution is 6.24. The molecule has 0 atom stereocenters. The van der Waals surface area contributed by atoms with E-state index in [0.717, 1.165) is 34.5 Å². The van der Waals surface area contributed by atoms with Crippen molar-refractivity contribution in [3.8, 4) is 0 Å². The number of aryl methyl sites for hydroxylation is 1. The van der Waals surface area contributed by atoms with E-state index in [0.29, 0.717) is 5.57 Å². The second kappa shape index (κ2) is 8.16. The molecule has 1 aliphatic rings. The zero-order valence-electron chi connectivity index (χ0n) is 17.8. The maximum absolute atomic E-state index is 13.3. The maximum Gasteiger partial charge on any atom is 0.217 e. The Labute approximate surface area is 187 Å². The molecule has 0 saturated carbocycles. The SMILES string of the molecule is CC[n+]1c(C=C2C(=O)C(N(c3ccccc3)c3ccccc3)=C2O)ccc2ccccc21. The van der Waals surface area contributed by atoms with Crippen molar-refractivity contribution in [2.24, 2.45) is 0 Å². The number of para-hydroxylation sites is 3. The van der Waals surface area contributed by atoms with Crippen LogP contribution in [0, 0.1) is 0 Å². The van der Waals surface area contributed by atoms with E-state index in [1.807, 2.05) is 89.8 Å². The lowest BCUT2D eigenvalue weighted by Gasteiger charge is -2.32. The number of benzene rings is 3. The first kappa shape index (κ1) is 19.8. The normalized spacial score (nSPS) is 14.7. The van der Waals surface area contributed by atoms with Crippen LogP contribution in [0.4, 0.5) is 11.4 Å². The van der Waals surface area contributed by atoms with E-state index in [1.165, 1.54) is 0 Å². The van der Waals surface area contributed by atoms with Gasteiger partial charge in [0.2, 0.25) is 17.0 Å². The molecule has 0 saturated heterocycles. The summed E-state index contributed by atoms with van der Waals surface area (Å²) in [6.45, 7) is 2.83. The van der Waals surface area contributed by atoms with Crippen LogP contribution in [0.2, 0.25) is 0 Å². The number of allylic oxidation sites excluding steroid dienone is 2. The summed E-state index contributed by atoms with van der Waals surface area (Å²) >= 11 is 0. The van der Waals surface area contributed by atoms with Crippen LogP contribution in [0.15, 0.2) is 114 Å². The molecule has 1 N–H and O–H groups in total. The Bertz CT molecular complexity index is 1330. The topological polar surface area (TPSA) is 44.4 Å². The Hall–Kier alpha value is -4.18. The number of anilines is 2. The lowest BCUT2D eigenvalue weighted by molar-refractivity contribution is -0.669. The van der Waals surface area contributed by atoms with E-state index in [9.17, 15) is 9.90 Å². The van der Waals surface area contributed by atoms with Gasteiger partial charge in [0, 0.05) is 35.0 Å². The molecule has 0 aliphatic heterocycles. The highest BCUT2D eigenvalue weighted by atomic mass is 16.3. The van der Waals surface area contributed by atoms with Gasteiger partial charge in [-0.1, -0.05) is 48.5 Å². The van der Waals surface area contributed by atoms with Crippen LogP contribution in [0.25, 0.3) is 17.0 Å². The monoisotopic (exact) mass is 419 g/mol. The molecular formula is C28H23N2O2+. The van der Waals surface area contributed by atoms with Gasteiger partial charge < -0.3 is 10.0 Å². The van der Waals surface area contributed by atoms with Gasteiger partial charge >= 0.3 is 0 Å². The molecule has 1 aliphatic carbocycles. The average Bonchev–Trinajstić information content (AvgIpc) is 2.86. The molecule has 0 spiro atoms. The molecule has 0 radical (unpaired) electrons. The van der Waals surface area contributed by atoms with Crippen molar-refractivity contribution in [1.82, 2.24) is 0 Å². The van der Waals surface area contributed by atoms with E-state index >= 15 is 0 Å². The Morgan fingerprint density at radius 3 is 2.00 bits per heavy atom. The summed E-state index contributed by atoms with van der Waals surface area (Å²) in [5.74, 6) is -0.162. The molecule has 156 valence electrons. The molecule has 5 rings (SSSR count). The molecule has 4 aromatic rings. The van der Waals surface area contributed by atoms with Crippen molar-refractivity contribution >= 4 is 34.1 Å². The first-order valence-electron chi connectivity index (χ1n) is 10.7. The van der Waals surface area contributed by atoms with E-state index in [2.05, 4.69) is 23.6 Å². The van der Waals surface area contributed by atoms with Crippen LogP contribution >= 0.6 is 0 Å². The van der Waals surface area contributed by atoms with Crippen LogP contribution in [0.3, 0.4) is 0 Å². The van der Waals surface area contributed by atoms with Gasteiger partial charge in [0.1, 0.15) is 12.2 Å². The van der Waals surface area contributed by atoms with E-state index in [-0.39, 0.29) is 17.2 Å². The second-order valence-corrected chi connectivity index (χ2v) is 7.65. The number of fused-ring (bicyclic) bond motifs is 1. The standard InChI is InChI=1S/C28H22N2O2/c1-2-29-23(18-17-20-11-9-10-16-25(20)29)19-24-27(31)26(28(24)32)30(21-12-5-3-6-13-21)22-14-7-4-8-15-22/h3-19H,2H2,1H3/p+1. The zero-order chi connectivity index (χ0) is 22.1. The van der Waals surface area contributed by atoms with Crippen molar-refractivity contribution in [3.63, 3.8) is 0 Å². The molecule has 1 aromatic heterocycles. The number of Topliss-reactive ketones (excluding diaryl/α,β-unsaturated/α-hetero) is 1. The third-order valence-electron chi connectivity index (χ3n) is 5.77. The van der Waals surface area contributed by atoms with Crippen LogP contribution in [0.5, 0.6) is 0 Å². The van der Waals surface area contributed by atoms with Crippen molar-refractivity contribution in [2.45, 2.75) is 13.5 Å². The molecule has 4 nitrogen and oxygen atoms in total. The van der Waals surface area contributed by atoms with Gasteiger partial charge in [0.05, 0.1) is 5.57 Å². The third kappa shape index (κ3) is 3.26. The second-order valence-electron chi connectivity index (χ2n) is 7.65. The largest absolute Gasteiger partial charge is 0.505 e. The Balaban J connectivity index is 1.62.